The van der Waals surface area contributed by atoms with Crippen LogP contribution in [0.1, 0.15) is 11.1 Å². The second-order valence-corrected chi connectivity index (χ2v) is 7.82. The topological polar surface area (TPSA) is 79.8 Å². The average Bonchev–Trinajstić information content (AvgIpc) is 2.70. The summed E-state index contributed by atoms with van der Waals surface area (Å²) in [4.78, 5) is 0.226. The van der Waals surface area contributed by atoms with Gasteiger partial charge >= 0.3 is 0 Å². The molecule has 0 atom stereocenters. The standard InChI is InChI=1S/C21H21N3O3S/c1-16-3-13-21(14-4-16)28(25,26)24-19-9-7-18(8-10-19)23-22-15-17-5-11-20(27-2)12-6-17/h3-15,23-24H,1-2H3/b22-15+. The molecule has 3 aromatic carbocycles. The maximum atomic E-state index is 12.4. The number of nitrogens with one attached hydrogen (secondary N) is 2. The monoisotopic (exact) mass is 395 g/mol. The third-order valence-corrected chi connectivity index (χ3v) is 5.39. The van der Waals surface area contributed by atoms with Crippen molar-refractivity contribution in [2.75, 3.05) is 17.3 Å². The van der Waals surface area contributed by atoms with E-state index in [-0.39, 0.29) is 4.90 Å². The normalized spacial score (nSPS) is 11.4. The fourth-order valence-electron chi connectivity index (χ4n) is 2.42. The quantitative estimate of drug-likeness (QED) is 0.463. The minimum absolute atomic E-state index is 0.226. The van der Waals surface area contributed by atoms with Crippen LogP contribution in [-0.4, -0.2) is 21.7 Å². The van der Waals surface area contributed by atoms with Gasteiger partial charge in [0, 0.05) is 5.69 Å². The molecule has 28 heavy (non-hydrogen) atoms. The Bertz CT molecular complexity index is 1040. The Balaban J connectivity index is 1.61. The lowest BCUT2D eigenvalue weighted by Crippen LogP contribution is -2.12. The van der Waals surface area contributed by atoms with Crippen molar-refractivity contribution in [1.29, 1.82) is 0 Å². The van der Waals surface area contributed by atoms with Crippen LogP contribution in [0.4, 0.5) is 11.4 Å². The highest BCUT2D eigenvalue weighted by Crippen LogP contribution is 2.19. The molecule has 6 nitrogen and oxygen atoms in total. The number of hydrogen-bond donors (Lipinski definition) is 2. The zero-order chi connectivity index (χ0) is 20.0. The molecule has 0 spiro atoms. The molecule has 0 amide bonds. The smallest absolute Gasteiger partial charge is 0.261 e. The van der Waals surface area contributed by atoms with Crippen LogP contribution in [0.25, 0.3) is 0 Å². The van der Waals surface area contributed by atoms with E-state index in [0.717, 1.165) is 22.6 Å². The highest BCUT2D eigenvalue weighted by Gasteiger charge is 2.13. The summed E-state index contributed by atoms with van der Waals surface area (Å²) in [5.74, 6) is 0.786. The summed E-state index contributed by atoms with van der Waals surface area (Å²) in [5, 5.41) is 4.17. The Morgan fingerprint density at radius 3 is 2.07 bits per heavy atom. The minimum atomic E-state index is -3.61. The largest absolute Gasteiger partial charge is 0.497 e. The summed E-state index contributed by atoms with van der Waals surface area (Å²) in [7, 11) is -1.99. The molecule has 0 saturated heterocycles. The predicted octanol–water partition coefficient (Wildman–Crippen LogP) is 4.25. The summed E-state index contributed by atoms with van der Waals surface area (Å²) >= 11 is 0. The average molecular weight is 395 g/mol. The van der Waals surface area contributed by atoms with Crippen molar-refractivity contribution in [3.8, 4) is 5.75 Å². The molecule has 3 rings (SSSR count). The van der Waals surface area contributed by atoms with E-state index in [1.165, 1.54) is 0 Å². The Kier molecular flexibility index (Phi) is 5.96. The second kappa shape index (κ2) is 8.58. The molecule has 0 bridgehead atoms. The number of benzene rings is 3. The Morgan fingerprint density at radius 2 is 1.46 bits per heavy atom. The van der Waals surface area contributed by atoms with Crippen LogP contribution >= 0.6 is 0 Å². The van der Waals surface area contributed by atoms with Crippen LogP contribution in [0.5, 0.6) is 5.75 Å². The van der Waals surface area contributed by atoms with Gasteiger partial charge < -0.3 is 4.74 Å². The summed E-state index contributed by atoms with van der Waals surface area (Å²) in [6.45, 7) is 1.91. The molecule has 3 aromatic rings. The molecular formula is C21H21N3O3S. The molecule has 0 aliphatic rings. The van der Waals surface area contributed by atoms with Crippen LogP contribution in [-0.2, 0) is 10.0 Å². The van der Waals surface area contributed by atoms with Crippen molar-refractivity contribution in [1.82, 2.24) is 0 Å². The van der Waals surface area contributed by atoms with Gasteiger partial charge in [-0.2, -0.15) is 5.10 Å². The van der Waals surface area contributed by atoms with E-state index >= 15 is 0 Å². The van der Waals surface area contributed by atoms with Gasteiger partial charge in [0.05, 0.1) is 23.9 Å². The van der Waals surface area contributed by atoms with Gasteiger partial charge in [-0.3, -0.25) is 10.1 Å². The van der Waals surface area contributed by atoms with Crippen LogP contribution in [0.2, 0.25) is 0 Å². The van der Waals surface area contributed by atoms with Crippen molar-refractivity contribution in [3.63, 3.8) is 0 Å². The first-order valence-corrected chi connectivity index (χ1v) is 10.1. The van der Waals surface area contributed by atoms with Gasteiger partial charge in [0.1, 0.15) is 5.75 Å². The fraction of sp³-hybridized carbons (Fsp3) is 0.0952. The van der Waals surface area contributed by atoms with Crippen molar-refractivity contribution in [3.05, 3.63) is 83.9 Å². The van der Waals surface area contributed by atoms with E-state index in [1.807, 2.05) is 31.2 Å². The van der Waals surface area contributed by atoms with Gasteiger partial charge in [-0.15, -0.1) is 0 Å². The Hall–Kier alpha value is -3.32. The van der Waals surface area contributed by atoms with Gasteiger partial charge in [0.2, 0.25) is 0 Å². The van der Waals surface area contributed by atoms with Crippen molar-refractivity contribution < 1.29 is 13.2 Å². The third kappa shape index (κ3) is 5.11. The van der Waals surface area contributed by atoms with Crippen molar-refractivity contribution in [2.24, 2.45) is 5.10 Å². The number of ether oxygens (including phenoxy) is 1. The second-order valence-electron chi connectivity index (χ2n) is 6.14. The Labute approximate surface area is 164 Å². The lowest BCUT2D eigenvalue weighted by atomic mass is 10.2. The molecule has 144 valence electrons. The van der Waals surface area contributed by atoms with Crippen LogP contribution in [0, 0.1) is 6.92 Å². The SMILES string of the molecule is COc1ccc(/C=N/Nc2ccc(NS(=O)(=O)c3ccc(C)cc3)cc2)cc1. The van der Waals surface area contributed by atoms with Crippen molar-refractivity contribution >= 4 is 27.6 Å². The molecule has 0 aromatic heterocycles. The lowest BCUT2D eigenvalue weighted by Gasteiger charge is -2.09. The molecular weight excluding hydrogens is 374 g/mol. The van der Waals surface area contributed by atoms with E-state index < -0.39 is 10.0 Å². The van der Waals surface area contributed by atoms with E-state index in [0.29, 0.717) is 5.69 Å². The van der Waals surface area contributed by atoms with E-state index in [2.05, 4.69) is 15.2 Å². The van der Waals surface area contributed by atoms with Gasteiger partial charge in [-0.25, -0.2) is 8.42 Å². The van der Waals surface area contributed by atoms with Gasteiger partial charge in [-0.1, -0.05) is 17.7 Å². The van der Waals surface area contributed by atoms with E-state index in [4.69, 9.17) is 4.74 Å². The van der Waals surface area contributed by atoms with Crippen molar-refractivity contribution in [2.45, 2.75) is 11.8 Å². The fourth-order valence-corrected chi connectivity index (χ4v) is 3.47. The number of aryl methyl sites for hydroxylation is 1. The lowest BCUT2D eigenvalue weighted by molar-refractivity contribution is 0.415. The third-order valence-electron chi connectivity index (χ3n) is 3.99. The first kappa shape index (κ1) is 19.4. The molecule has 2 N–H and O–H groups in total. The predicted molar refractivity (Wildman–Crippen MR) is 113 cm³/mol. The highest BCUT2D eigenvalue weighted by molar-refractivity contribution is 7.92. The zero-order valence-electron chi connectivity index (χ0n) is 15.6. The maximum Gasteiger partial charge on any atom is 0.261 e. The molecule has 0 heterocycles. The number of anilines is 2. The number of nitrogens with zero attached hydrogens (tertiary/aromatic N) is 1. The zero-order valence-corrected chi connectivity index (χ0v) is 16.4. The van der Waals surface area contributed by atoms with E-state index in [1.54, 1.807) is 61.9 Å². The number of methoxy groups -OCH3 is 1. The number of hydrazone groups is 1. The van der Waals surface area contributed by atoms with Crippen LogP contribution < -0.4 is 14.9 Å². The molecule has 0 aliphatic heterocycles. The van der Waals surface area contributed by atoms with E-state index in [9.17, 15) is 8.42 Å². The highest BCUT2D eigenvalue weighted by atomic mass is 32.2. The summed E-state index contributed by atoms with van der Waals surface area (Å²) in [6, 6.07) is 21.1. The van der Waals surface area contributed by atoms with Gasteiger partial charge in [-0.05, 0) is 73.2 Å². The summed E-state index contributed by atoms with van der Waals surface area (Å²) in [5.41, 5.74) is 6.06. The Morgan fingerprint density at radius 1 is 0.857 bits per heavy atom. The van der Waals surface area contributed by atoms with Gasteiger partial charge in [0.25, 0.3) is 10.0 Å². The molecule has 0 saturated carbocycles. The molecule has 0 radical (unpaired) electrons. The van der Waals surface area contributed by atoms with Crippen LogP contribution in [0.15, 0.2) is 82.8 Å². The molecule has 0 unspecified atom stereocenters. The first-order valence-electron chi connectivity index (χ1n) is 8.59. The maximum absolute atomic E-state index is 12.4. The van der Waals surface area contributed by atoms with Crippen LogP contribution in [0.3, 0.4) is 0 Å². The molecule has 7 heteroatoms. The first-order chi connectivity index (χ1) is 13.5. The number of sulfonamides is 1. The summed E-state index contributed by atoms with van der Waals surface area (Å²) < 4.78 is 32.5. The number of hydrogen-bond acceptors (Lipinski definition) is 5. The summed E-state index contributed by atoms with van der Waals surface area (Å²) in [6.07, 6.45) is 1.69. The number of rotatable bonds is 7. The molecule has 0 aliphatic carbocycles. The molecule has 0 fully saturated rings. The van der Waals surface area contributed by atoms with Gasteiger partial charge in [0.15, 0.2) is 0 Å². The minimum Gasteiger partial charge on any atom is -0.497 e.